The maximum absolute atomic E-state index is 12.5. The van der Waals surface area contributed by atoms with E-state index < -0.39 is 6.10 Å². The first-order valence-electron chi connectivity index (χ1n) is 7.80. The highest BCUT2D eigenvalue weighted by Crippen LogP contribution is 2.31. The van der Waals surface area contributed by atoms with E-state index in [1.165, 1.54) is 5.56 Å². The molecule has 3 rings (SSSR count). The molecule has 4 nitrogen and oxygen atoms in total. The maximum Gasteiger partial charge on any atom is 0.265 e. The molecule has 1 N–H and O–H groups in total. The lowest BCUT2D eigenvalue weighted by Gasteiger charge is -2.27. The lowest BCUT2D eigenvalue weighted by molar-refractivity contribution is -0.131. The van der Waals surface area contributed by atoms with E-state index in [0.29, 0.717) is 11.5 Å². The van der Waals surface area contributed by atoms with Gasteiger partial charge in [0.15, 0.2) is 11.5 Å². The van der Waals surface area contributed by atoms with Crippen molar-refractivity contribution in [2.75, 3.05) is 6.61 Å². The quantitative estimate of drug-likeness (QED) is 0.946. The number of rotatable bonds is 3. The Morgan fingerprint density at radius 3 is 2.70 bits per heavy atom. The summed E-state index contributed by atoms with van der Waals surface area (Å²) in [6.07, 6.45) is -0.627. The summed E-state index contributed by atoms with van der Waals surface area (Å²) >= 11 is 0. The Hall–Kier alpha value is -2.49. The highest BCUT2D eigenvalue weighted by molar-refractivity contribution is 5.82. The molecule has 1 heterocycles. The number of carbonyl (C=O) groups is 1. The standard InChI is InChI=1S/C19H21NO3/c1-12-8-9-13(2)15(10-12)14(3)20-19(21)18-11-22-16-6-4-5-7-17(16)23-18/h4-10,14,18H,11H2,1-3H3,(H,20,21)/t14-,18-/m0/s1. The molecule has 1 aliphatic heterocycles. The fourth-order valence-electron chi connectivity index (χ4n) is 2.76. The molecular weight excluding hydrogens is 290 g/mol. The summed E-state index contributed by atoms with van der Waals surface area (Å²) in [5, 5.41) is 3.02. The minimum atomic E-state index is -0.627. The normalized spacial score (nSPS) is 17.4. The maximum atomic E-state index is 12.5. The van der Waals surface area contributed by atoms with Crippen LogP contribution in [0.15, 0.2) is 42.5 Å². The second-order valence-electron chi connectivity index (χ2n) is 5.95. The van der Waals surface area contributed by atoms with Crippen molar-refractivity contribution in [3.8, 4) is 11.5 Å². The van der Waals surface area contributed by atoms with Crippen LogP contribution in [0.5, 0.6) is 11.5 Å². The van der Waals surface area contributed by atoms with Crippen LogP contribution < -0.4 is 14.8 Å². The van der Waals surface area contributed by atoms with Crippen LogP contribution in [-0.4, -0.2) is 18.6 Å². The molecule has 0 radical (unpaired) electrons. The summed E-state index contributed by atoms with van der Waals surface area (Å²) in [4.78, 5) is 12.5. The van der Waals surface area contributed by atoms with E-state index in [0.717, 1.165) is 11.1 Å². The van der Waals surface area contributed by atoms with E-state index in [1.54, 1.807) is 0 Å². The van der Waals surface area contributed by atoms with Crippen LogP contribution in [0.25, 0.3) is 0 Å². The van der Waals surface area contributed by atoms with Crippen molar-refractivity contribution in [1.82, 2.24) is 5.32 Å². The molecule has 0 bridgehead atoms. The molecule has 0 saturated heterocycles. The third-order valence-electron chi connectivity index (χ3n) is 4.06. The van der Waals surface area contributed by atoms with E-state index in [9.17, 15) is 4.79 Å². The van der Waals surface area contributed by atoms with Gasteiger partial charge < -0.3 is 14.8 Å². The molecular formula is C19H21NO3. The minimum Gasteiger partial charge on any atom is -0.485 e. The monoisotopic (exact) mass is 311 g/mol. The second-order valence-corrected chi connectivity index (χ2v) is 5.95. The second kappa shape index (κ2) is 6.32. The molecule has 0 aromatic heterocycles. The first-order chi connectivity index (χ1) is 11.0. The highest BCUT2D eigenvalue weighted by Gasteiger charge is 2.28. The van der Waals surface area contributed by atoms with Gasteiger partial charge in [0.1, 0.15) is 6.61 Å². The Balaban J connectivity index is 1.69. The summed E-state index contributed by atoms with van der Waals surface area (Å²) in [7, 11) is 0. The fraction of sp³-hybridized carbons (Fsp3) is 0.316. The van der Waals surface area contributed by atoms with Crippen molar-refractivity contribution in [2.24, 2.45) is 0 Å². The number of hydrogen-bond donors (Lipinski definition) is 1. The fourth-order valence-corrected chi connectivity index (χ4v) is 2.76. The predicted octanol–water partition coefficient (Wildman–Crippen LogP) is 3.32. The number of carbonyl (C=O) groups excluding carboxylic acids is 1. The van der Waals surface area contributed by atoms with Gasteiger partial charge >= 0.3 is 0 Å². The molecule has 2 aromatic carbocycles. The third kappa shape index (κ3) is 3.31. The van der Waals surface area contributed by atoms with E-state index in [-0.39, 0.29) is 18.6 Å². The van der Waals surface area contributed by atoms with Crippen LogP contribution in [0.1, 0.15) is 29.7 Å². The number of amides is 1. The molecule has 0 fully saturated rings. The summed E-state index contributed by atoms with van der Waals surface area (Å²) in [5.41, 5.74) is 3.46. The van der Waals surface area contributed by atoms with Crippen LogP contribution in [0, 0.1) is 13.8 Å². The highest BCUT2D eigenvalue weighted by atomic mass is 16.6. The van der Waals surface area contributed by atoms with Crippen molar-refractivity contribution in [1.29, 1.82) is 0 Å². The van der Waals surface area contributed by atoms with Crippen LogP contribution in [0.4, 0.5) is 0 Å². The lowest BCUT2D eigenvalue weighted by Crippen LogP contribution is -2.44. The zero-order valence-corrected chi connectivity index (χ0v) is 13.6. The molecule has 4 heteroatoms. The van der Waals surface area contributed by atoms with Crippen LogP contribution >= 0.6 is 0 Å². The lowest BCUT2D eigenvalue weighted by atomic mass is 10.00. The van der Waals surface area contributed by atoms with Crippen molar-refractivity contribution >= 4 is 5.91 Å². The van der Waals surface area contributed by atoms with Gasteiger partial charge in [0, 0.05) is 0 Å². The topological polar surface area (TPSA) is 47.6 Å². The van der Waals surface area contributed by atoms with Crippen molar-refractivity contribution in [3.05, 3.63) is 59.2 Å². The van der Waals surface area contributed by atoms with Crippen LogP contribution in [-0.2, 0) is 4.79 Å². The summed E-state index contributed by atoms with van der Waals surface area (Å²) in [6, 6.07) is 13.6. The zero-order valence-electron chi connectivity index (χ0n) is 13.6. The van der Waals surface area contributed by atoms with Gasteiger partial charge in [-0.2, -0.15) is 0 Å². The number of para-hydroxylation sites is 2. The van der Waals surface area contributed by atoms with Gasteiger partial charge in [-0.1, -0.05) is 35.9 Å². The van der Waals surface area contributed by atoms with Crippen molar-refractivity contribution < 1.29 is 14.3 Å². The number of hydrogen-bond acceptors (Lipinski definition) is 3. The molecule has 1 amide bonds. The molecule has 23 heavy (non-hydrogen) atoms. The number of ether oxygens (including phenoxy) is 2. The number of nitrogens with one attached hydrogen (secondary N) is 1. The SMILES string of the molecule is Cc1ccc(C)c([C@H](C)NC(=O)[C@@H]2COc3ccccc3O2)c1. The molecule has 0 spiro atoms. The largest absolute Gasteiger partial charge is 0.485 e. The Kier molecular flexibility index (Phi) is 4.24. The van der Waals surface area contributed by atoms with Crippen LogP contribution in [0.3, 0.4) is 0 Å². The van der Waals surface area contributed by atoms with E-state index >= 15 is 0 Å². The van der Waals surface area contributed by atoms with Crippen molar-refractivity contribution in [2.45, 2.75) is 32.9 Å². The van der Waals surface area contributed by atoms with E-state index in [1.807, 2.05) is 45.0 Å². The first kappa shape index (κ1) is 15.4. The Labute approximate surface area is 136 Å². The minimum absolute atomic E-state index is 0.0804. The average molecular weight is 311 g/mol. The van der Waals surface area contributed by atoms with Gasteiger partial charge in [0.05, 0.1) is 6.04 Å². The van der Waals surface area contributed by atoms with Gasteiger partial charge in [-0.3, -0.25) is 4.79 Å². The van der Waals surface area contributed by atoms with Gasteiger partial charge in [0.2, 0.25) is 6.10 Å². The smallest absolute Gasteiger partial charge is 0.265 e. The number of fused-ring (bicyclic) bond motifs is 1. The van der Waals surface area contributed by atoms with Gasteiger partial charge in [-0.15, -0.1) is 0 Å². The van der Waals surface area contributed by atoms with Gasteiger partial charge in [-0.05, 0) is 44.0 Å². The van der Waals surface area contributed by atoms with Gasteiger partial charge in [-0.25, -0.2) is 0 Å². The molecule has 0 unspecified atom stereocenters. The Bertz CT molecular complexity index is 726. The van der Waals surface area contributed by atoms with E-state index in [4.69, 9.17) is 9.47 Å². The summed E-state index contributed by atoms with van der Waals surface area (Å²) < 4.78 is 11.3. The summed E-state index contributed by atoms with van der Waals surface area (Å²) in [6.45, 7) is 6.31. The van der Waals surface area contributed by atoms with Crippen molar-refractivity contribution in [3.63, 3.8) is 0 Å². The van der Waals surface area contributed by atoms with Crippen LogP contribution in [0.2, 0.25) is 0 Å². The average Bonchev–Trinajstić information content (AvgIpc) is 2.56. The molecule has 120 valence electrons. The zero-order chi connectivity index (χ0) is 16.4. The van der Waals surface area contributed by atoms with E-state index in [2.05, 4.69) is 23.5 Å². The predicted molar refractivity (Wildman–Crippen MR) is 88.8 cm³/mol. The molecule has 0 saturated carbocycles. The molecule has 2 aromatic rings. The molecule has 0 aliphatic carbocycles. The molecule has 2 atom stereocenters. The Morgan fingerprint density at radius 2 is 1.91 bits per heavy atom. The third-order valence-corrected chi connectivity index (χ3v) is 4.06. The Morgan fingerprint density at radius 1 is 1.17 bits per heavy atom. The summed E-state index contributed by atoms with van der Waals surface area (Å²) in [5.74, 6) is 1.13. The number of aryl methyl sites for hydroxylation is 2. The molecule has 1 aliphatic rings. The van der Waals surface area contributed by atoms with Gasteiger partial charge in [0.25, 0.3) is 5.91 Å². The number of benzene rings is 2. The first-order valence-corrected chi connectivity index (χ1v) is 7.80.